The molecule has 140 valence electrons. The van der Waals surface area contributed by atoms with Gasteiger partial charge in [-0.05, 0) is 24.6 Å². The molecule has 0 atom stereocenters. The fourth-order valence-electron chi connectivity index (χ4n) is 2.14. The van der Waals surface area contributed by atoms with E-state index in [1.165, 1.54) is 36.4 Å². The topological polar surface area (TPSA) is 47.6 Å². The van der Waals surface area contributed by atoms with Crippen molar-refractivity contribution in [1.82, 2.24) is 5.32 Å². The maximum atomic E-state index is 13.0. The average molecular weight is 371 g/mol. The van der Waals surface area contributed by atoms with Gasteiger partial charge in [0.25, 0.3) is 0 Å². The van der Waals surface area contributed by atoms with E-state index in [0.717, 1.165) is 0 Å². The molecular weight excluding hydrogens is 354 g/mol. The minimum absolute atomic E-state index is 0.0875. The molecule has 1 amide bonds. The zero-order valence-electron chi connectivity index (χ0n) is 13.7. The Morgan fingerprint density at radius 3 is 2.58 bits per heavy atom. The Morgan fingerprint density at radius 1 is 1.08 bits per heavy atom. The van der Waals surface area contributed by atoms with Crippen LogP contribution in [0.3, 0.4) is 0 Å². The molecule has 0 aliphatic heterocycles. The number of nitrogens with one attached hydrogen (secondary N) is 1. The van der Waals surface area contributed by atoms with Gasteiger partial charge in [0, 0.05) is 24.6 Å². The van der Waals surface area contributed by atoms with Crippen LogP contribution in [0.2, 0.25) is 0 Å². The molecular formula is C18H17F4NO3. The van der Waals surface area contributed by atoms with Crippen LogP contribution >= 0.6 is 0 Å². The number of rotatable bonds is 8. The summed E-state index contributed by atoms with van der Waals surface area (Å²) in [6.45, 7) is 0.125. The smallest absolute Gasteiger partial charge is 0.493 e. The Hall–Kier alpha value is -2.77. The van der Waals surface area contributed by atoms with Gasteiger partial charge in [0.1, 0.15) is 17.3 Å². The van der Waals surface area contributed by atoms with Gasteiger partial charge in [0.2, 0.25) is 5.91 Å². The van der Waals surface area contributed by atoms with Crippen molar-refractivity contribution in [3.8, 4) is 11.5 Å². The lowest BCUT2D eigenvalue weighted by molar-refractivity contribution is -0.274. The van der Waals surface area contributed by atoms with Gasteiger partial charge in [-0.1, -0.05) is 24.3 Å². The largest absolute Gasteiger partial charge is 0.573 e. The lowest BCUT2D eigenvalue weighted by Crippen LogP contribution is -2.24. The summed E-state index contributed by atoms with van der Waals surface area (Å²) in [5, 5.41) is 2.53. The fourth-order valence-corrected chi connectivity index (χ4v) is 2.14. The molecule has 2 aromatic carbocycles. The third kappa shape index (κ3) is 7.00. The first kappa shape index (κ1) is 19.6. The van der Waals surface area contributed by atoms with Crippen LogP contribution in [-0.2, 0) is 11.3 Å². The summed E-state index contributed by atoms with van der Waals surface area (Å²) in [6, 6.07) is 11.2. The number of amides is 1. The average Bonchev–Trinajstić information content (AvgIpc) is 2.57. The van der Waals surface area contributed by atoms with Gasteiger partial charge in [-0.15, -0.1) is 13.2 Å². The van der Waals surface area contributed by atoms with Crippen LogP contribution in [0.4, 0.5) is 17.6 Å². The Labute approximate surface area is 147 Å². The van der Waals surface area contributed by atoms with E-state index >= 15 is 0 Å². The highest BCUT2D eigenvalue weighted by Gasteiger charge is 2.31. The molecule has 1 N–H and O–H groups in total. The Balaban J connectivity index is 1.74. The van der Waals surface area contributed by atoms with Crippen molar-refractivity contribution in [2.45, 2.75) is 25.7 Å². The van der Waals surface area contributed by atoms with Crippen LogP contribution < -0.4 is 14.8 Å². The van der Waals surface area contributed by atoms with Crippen molar-refractivity contribution >= 4 is 5.91 Å². The van der Waals surface area contributed by atoms with E-state index < -0.39 is 12.2 Å². The highest BCUT2D eigenvalue weighted by Crippen LogP contribution is 2.26. The minimum atomic E-state index is -4.80. The van der Waals surface area contributed by atoms with Crippen LogP contribution in [0, 0.1) is 5.82 Å². The third-order valence-electron chi connectivity index (χ3n) is 3.29. The molecule has 0 aliphatic carbocycles. The predicted molar refractivity (Wildman–Crippen MR) is 86.1 cm³/mol. The van der Waals surface area contributed by atoms with Gasteiger partial charge in [0.05, 0.1) is 6.61 Å². The molecule has 2 rings (SSSR count). The molecule has 0 spiro atoms. The molecule has 0 unspecified atom stereocenters. The van der Waals surface area contributed by atoms with Crippen LogP contribution in [0.15, 0.2) is 48.5 Å². The summed E-state index contributed by atoms with van der Waals surface area (Å²) in [6.07, 6.45) is -4.30. The van der Waals surface area contributed by atoms with Crippen molar-refractivity contribution in [2.24, 2.45) is 0 Å². The third-order valence-corrected chi connectivity index (χ3v) is 3.29. The Morgan fingerprint density at radius 2 is 1.85 bits per heavy atom. The van der Waals surface area contributed by atoms with E-state index in [1.807, 2.05) is 0 Å². The second-order valence-corrected chi connectivity index (χ2v) is 5.34. The quantitative estimate of drug-likeness (QED) is 0.559. The standard InChI is InChI=1S/C18H17F4NO3/c19-14-6-3-7-15(11-14)25-10-4-9-17(24)23-12-13-5-1-2-8-16(13)26-18(20,21)22/h1-3,5-8,11H,4,9-10,12H2,(H,23,24). The van der Waals surface area contributed by atoms with Crippen LogP contribution in [0.25, 0.3) is 0 Å². The number of ether oxygens (including phenoxy) is 2. The molecule has 0 fully saturated rings. The molecule has 2 aromatic rings. The number of alkyl halides is 3. The zero-order valence-corrected chi connectivity index (χ0v) is 13.7. The Bertz CT molecular complexity index is 734. The predicted octanol–water partition coefficient (Wildman–Crippen LogP) is 4.20. The molecule has 0 bridgehead atoms. The molecule has 0 heterocycles. The van der Waals surface area contributed by atoms with E-state index in [2.05, 4.69) is 10.1 Å². The lowest BCUT2D eigenvalue weighted by Gasteiger charge is -2.13. The highest BCUT2D eigenvalue weighted by atomic mass is 19.4. The number of benzene rings is 2. The molecule has 26 heavy (non-hydrogen) atoms. The van der Waals surface area contributed by atoms with E-state index in [4.69, 9.17) is 4.74 Å². The van der Waals surface area contributed by atoms with Gasteiger partial charge in [-0.25, -0.2) is 4.39 Å². The zero-order chi connectivity index (χ0) is 19.0. The second kappa shape index (κ2) is 9.07. The number of halogens is 4. The van der Waals surface area contributed by atoms with E-state index in [9.17, 15) is 22.4 Å². The van der Waals surface area contributed by atoms with Gasteiger partial charge in [0.15, 0.2) is 0 Å². The van der Waals surface area contributed by atoms with E-state index in [-0.39, 0.29) is 36.8 Å². The minimum Gasteiger partial charge on any atom is -0.493 e. The normalized spacial score (nSPS) is 11.1. The van der Waals surface area contributed by atoms with E-state index in [1.54, 1.807) is 12.1 Å². The molecule has 0 saturated heterocycles. The van der Waals surface area contributed by atoms with Crippen LogP contribution in [0.1, 0.15) is 18.4 Å². The molecule has 4 nitrogen and oxygen atoms in total. The first-order chi connectivity index (χ1) is 12.3. The van der Waals surface area contributed by atoms with Gasteiger partial charge < -0.3 is 14.8 Å². The summed E-state index contributed by atoms with van der Waals surface area (Å²) in [7, 11) is 0. The summed E-state index contributed by atoms with van der Waals surface area (Å²) < 4.78 is 59.2. The van der Waals surface area contributed by atoms with Crippen LogP contribution in [0.5, 0.6) is 11.5 Å². The highest BCUT2D eigenvalue weighted by molar-refractivity contribution is 5.75. The van der Waals surface area contributed by atoms with Crippen molar-refractivity contribution in [2.75, 3.05) is 6.61 Å². The maximum Gasteiger partial charge on any atom is 0.573 e. The monoisotopic (exact) mass is 371 g/mol. The fraction of sp³-hybridized carbons (Fsp3) is 0.278. The van der Waals surface area contributed by atoms with Crippen molar-refractivity contribution < 1.29 is 31.8 Å². The number of para-hydroxylation sites is 1. The molecule has 8 heteroatoms. The second-order valence-electron chi connectivity index (χ2n) is 5.34. The van der Waals surface area contributed by atoms with Crippen LogP contribution in [-0.4, -0.2) is 18.9 Å². The molecule has 0 aromatic heterocycles. The Kier molecular flexibility index (Phi) is 6.82. The first-order valence-corrected chi connectivity index (χ1v) is 7.82. The molecule has 0 saturated carbocycles. The first-order valence-electron chi connectivity index (χ1n) is 7.82. The van der Waals surface area contributed by atoms with Gasteiger partial charge in [-0.3, -0.25) is 4.79 Å². The summed E-state index contributed by atoms with van der Waals surface area (Å²) in [5.41, 5.74) is 0.217. The SMILES string of the molecule is O=C(CCCOc1cccc(F)c1)NCc1ccccc1OC(F)(F)F. The van der Waals surface area contributed by atoms with Crippen molar-refractivity contribution in [3.05, 3.63) is 59.9 Å². The summed E-state index contributed by atoms with van der Waals surface area (Å²) in [5.74, 6) is -0.743. The molecule has 0 aliphatic rings. The summed E-state index contributed by atoms with van der Waals surface area (Å²) >= 11 is 0. The van der Waals surface area contributed by atoms with Gasteiger partial charge in [-0.2, -0.15) is 0 Å². The van der Waals surface area contributed by atoms with E-state index in [0.29, 0.717) is 12.2 Å². The van der Waals surface area contributed by atoms with Gasteiger partial charge >= 0.3 is 6.36 Å². The molecule has 0 radical (unpaired) electrons. The number of carbonyl (C=O) groups is 1. The number of hydrogen-bond donors (Lipinski definition) is 1. The number of carbonyl (C=O) groups excluding carboxylic acids is 1. The lowest BCUT2D eigenvalue weighted by atomic mass is 10.2. The maximum absolute atomic E-state index is 13.0. The number of hydrogen-bond acceptors (Lipinski definition) is 3. The van der Waals surface area contributed by atoms with Crippen molar-refractivity contribution in [1.29, 1.82) is 0 Å². The van der Waals surface area contributed by atoms with Crippen molar-refractivity contribution in [3.63, 3.8) is 0 Å². The summed E-state index contributed by atoms with van der Waals surface area (Å²) in [4.78, 5) is 11.8.